The summed E-state index contributed by atoms with van der Waals surface area (Å²) in [6.07, 6.45) is 14.1. The first kappa shape index (κ1) is 17.0. The van der Waals surface area contributed by atoms with Crippen molar-refractivity contribution in [2.45, 2.75) is 84.5 Å². The van der Waals surface area contributed by atoms with Crippen molar-refractivity contribution in [3.8, 4) is 0 Å². The molecule has 0 aliphatic rings. The van der Waals surface area contributed by atoms with Crippen molar-refractivity contribution in [1.29, 1.82) is 0 Å². The minimum Gasteiger partial charge on any atom is -0.287 e. The summed E-state index contributed by atoms with van der Waals surface area (Å²) in [5.41, 5.74) is 0. The predicted octanol–water partition coefficient (Wildman–Crippen LogP) is 5.74. The van der Waals surface area contributed by atoms with E-state index in [9.17, 15) is 4.79 Å². The van der Waals surface area contributed by atoms with Crippen LogP contribution >= 0.6 is 11.8 Å². The molecule has 0 heterocycles. The van der Waals surface area contributed by atoms with Gasteiger partial charge >= 0.3 is 0 Å². The zero-order chi connectivity index (χ0) is 12.8. The summed E-state index contributed by atoms with van der Waals surface area (Å²) in [5.74, 6) is 1.87. The summed E-state index contributed by atoms with van der Waals surface area (Å²) in [5, 5.41) is 0.326. The lowest BCUT2D eigenvalue weighted by atomic mass is 10.1. The Morgan fingerprint density at radius 3 is 1.82 bits per heavy atom. The monoisotopic (exact) mass is 257 g/mol. The van der Waals surface area contributed by atoms with E-state index in [0.717, 1.165) is 12.8 Å². The number of carbonyl (C=O) groups excluding carboxylic acids is 1. The Balaban J connectivity index is 3.01. The fourth-order valence-electron chi connectivity index (χ4n) is 1.95. The van der Waals surface area contributed by atoms with Gasteiger partial charge in [0.1, 0.15) is 0 Å². The van der Waals surface area contributed by atoms with Crippen LogP contribution in [0.15, 0.2) is 0 Å². The van der Waals surface area contributed by atoms with E-state index < -0.39 is 0 Å². The molecule has 0 unspecified atom stereocenters. The quantitative estimate of drug-likeness (QED) is 0.415. The van der Waals surface area contributed by atoms with Crippen LogP contribution in [0.5, 0.6) is 0 Å². The Labute approximate surface area is 112 Å². The van der Waals surface area contributed by atoms with Crippen LogP contribution in [-0.4, -0.2) is 5.12 Å². The van der Waals surface area contributed by atoms with Gasteiger partial charge in [0.25, 0.3) is 0 Å². The molecule has 0 aliphatic heterocycles. The Kier molecular flexibility index (Phi) is 14.1. The van der Waals surface area contributed by atoms with E-state index in [1.165, 1.54) is 69.5 Å². The van der Waals surface area contributed by atoms with Gasteiger partial charge in [-0.2, -0.15) is 0 Å². The van der Waals surface area contributed by atoms with Crippen LogP contribution in [-0.2, 0) is 4.79 Å². The molecule has 0 saturated carbocycles. The Hall–Kier alpha value is 0.0200. The summed E-state index contributed by atoms with van der Waals surface area (Å²) >= 11 is 1.35. The van der Waals surface area contributed by atoms with Gasteiger partial charge in [-0.1, -0.05) is 83.4 Å². The smallest absolute Gasteiger partial charge is 0.189 e. The minimum absolute atomic E-state index is 0.326. The van der Waals surface area contributed by atoms with E-state index in [2.05, 4.69) is 6.92 Å². The first-order valence-electron chi connectivity index (χ1n) is 7.28. The summed E-state index contributed by atoms with van der Waals surface area (Å²) < 4.78 is 0. The molecule has 0 bridgehead atoms. The minimum atomic E-state index is 0.326. The predicted molar refractivity (Wildman–Crippen MR) is 79.0 cm³/mol. The number of unbranched alkanes of at least 4 members (excludes halogenated alkanes) is 9. The van der Waals surface area contributed by atoms with Gasteiger partial charge in [-0.15, -0.1) is 0 Å². The van der Waals surface area contributed by atoms with Crippen molar-refractivity contribution in [2.24, 2.45) is 0 Å². The van der Waals surface area contributed by atoms with Crippen LogP contribution in [0.2, 0.25) is 0 Å². The lowest BCUT2D eigenvalue weighted by Gasteiger charge is -2.02. The van der Waals surface area contributed by atoms with Gasteiger partial charge in [-0.3, -0.25) is 4.79 Å². The highest BCUT2D eigenvalue weighted by molar-refractivity contribution is 8.15. The van der Waals surface area contributed by atoms with Gasteiger partial charge < -0.3 is 0 Å². The third-order valence-corrected chi connectivity index (χ3v) is 3.69. The molecule has 0 amide bonds. The fourth-order valence-corrected chi connectivity index (χ4v) is 2.47. The van der Waals surface area contributed by atoms with Crippen molar-refractivity contribution < 1.29 is 4.79 Å². The highest BCUT2D eigenvalue weighted by Crippen LogP contribution is 2.14. The zero-order valence-corrected chi connectivity index (χ0v) is 12.5. The molecule has 1 radical (unpaired) electrons. The summed E-state index contributed by atoms with van der Waals surface area (Å²) in [6, 6.07) is 0. The largest absolute Gasteiger partial charge is 0.287 e. The van der Waals surface area contributed by atoms with E-state index in [1.807, 2.05) is 12.7 Å². The van der Waals surface area contributed by atoms with Crippen molar-refractivity contribution in [3.05, 3.63) is 5.75 Å². The molecule has 0 aromatic heterocycles. The molecule has 17 heavy (non-hydrogen) atoms. The fraction of sp³-hybridized carbons (Fsp3) is 0.867. The van der Waals surface area contributed by atoms with Gasteiger partial charge in [-0.25, -0.2) is 0 Å². The van der Waals surface area contributed by atoms with Crippen LogP contribution in [0.1, 0.15) is 84.5 Å². The number of rotatable bonds is 12. The van der Waals surface area contributed by atoms with Gasteiger partial charge in [-0.05, 0) is 6.42 Å². The van der Waals surface area contributed by atoms with Crippen LogP contribution in [0.4, 0.5) is 0 Å². The van der Waals surface area contributed by atoms with Gasteiger partial charge in [0.2, 0.25) is 0 Å². The first-order valence-corrected chi connectivity index (χ1v) is 8.16. The molecule has 0 aromatic carbocycles. The Morgan fingerprint density at radius 1 is 0.882 bits per heavy atom. The molecule has 0 spiro atoms. The molecule has 0 saturated heterocycles. The maximum atomic E-state index is 11.2. The molecule has 1 nitrogen and oxygen atoms in total. The lowest BCUT2D eigenvalue weighted by Crippen LogP contribution is -1.90. The van der Waals surface area contributed by atoms with E-state index in [-0.39, 0.29) is 0 Å². The second kappa shape index (κ2) is 14.1. The van der Waals surface area contributed by atoms with E-state index in [4.69, 9.17) is 0 Å². The molecule has 0 atom stereocenters. The van der Waals surface area contributed by atoms with E-state index >= 15 is 0 Å². The average Bonchev–Trinajstić information content (AvgIpc) is 2.32. The van der Waals surface area contributed by atoms with E-state index in [0.29, 0.717) is 5.12 Å². The normalized spacial score (nSPS) is 10.7. The molecule has 0 aromatic rings. The van der Waals surface area contributed by atoms with Crippen molar-refractivity contribution in [1.82, 2.24) is 0 Å². The molecule has 0 rings (SSSR count). The molecule has 0 N–H and O–H groups in total. The van der Waals surface area contributed by atoms with Crippen LogP contribution < -0.4 is 0 Å². The topological polar surface area (TPSA) is 17.1 Å². The molecule has 0 aliphatic carbocycles. The van der Waals surface area contributed by atoms with E-state index in [1.54, 1.807) is 0 Å². The lowest BCUT2D eigenvalue weighted by molar-refractivity contribution is -0.111. The van der Waals surface area contributed by atoms with Crippen LogP contribution in [0.25, 0.3) is 0 Å². The molecular weight excluding hydrogens is 228 g/mol. The number of hydrogen-bond donors (Lipinski definition) is 0. The number of thioether (sulfide) groups is 1. The second-order valence-corrected chi connectivity index (χ2v) is 5.82. The highest BCUT2D eigenvalue weighted by atomic mass is 32.2. The molecule has 0 fully saturated rings. The van der Waals surface area contributed by atoms with Gasteiger partial charge in [0.05, 0.1) is 0 Å². The average molecular weight is 257 g/mol. The zero-order valence-electron chi connectivity index (χ0n) is 11.7. The third kappa shape index (κ3) is 14.0. The van der Waals surface area contributed by atoms with Crippen LogP contribution in [0, 0.1) is 5.75 Å². The Bertz CT molecular complexity index is 168. The van der Waals surface area contributed by atoms with Crippen molar-refractivity contribution >= 4 is 16.9 Å². The SMILES string of the molecule is C[CH]SC(=O)CCCCCCCCCCCC. The van der Waals surface area contributed by atoms with Gasteiger partial charge in [0.15, 0.2) is 5.12 Å². The summed E-state index contributed by atoms with van der Waals surface area (Å²) in [4.78, 5) is 11.2. The molecule has 101 valence electrons. The maximum absolute atomic E-state index is 11.2. The Morgan fingerprint density at radius 2 is 1.35 bits per heavy atom. The van der Waals surface area contributed by atoms with Gasteiger partial charge in [0, 0.05) is 12.2 Å². The van der Waals surface area contributed by atoms with Crippen molar-refractivity contribution in [3.63, 3.8) is 0 Å². The number of carbonyl (C=O) groups is 1. The standard InChI is InChI=1S/C15H29OS/c1-3-5-6-7-8-9-10-11-12-13-14-15(16)17-4-2/h4H,3,5-14H2,1-2H3. The van der Waals surface area contributed by atoms with Crippen molar-refractivity contribution in [2.75, 3.05) is 0 Å². The summed E-state index contributed by atoms with van der Waals surface area (Å²) in [7, 11) is 0. The maximum Gasteiger partial charge on any atom is 0.189 e. The van der Waals surface area contributed by atoms with Crippen LogP contribution in [0.3, 0.4) is 0 Å². The number of hydrogen-bond acceptors (Lipinski definition) is 2. The second-order valence-electron chi connectivity index (χ2n) is 4.66. The third-order valence-electron chi connectivity index (χ3n) is 2.98. The molecule has 2 heteroatoms. The highest BCUT2D eigenvalue weighted by Gasteiger charge is 2.00. The summed E-state index contributed by atoms with van der Waals surface area (Å²) in [6.45, 7) is 4.18. The molecular formula is C15H29OS. The first-order chi connectivity index (χ1) is 8.31.